The number of thioether (sulfide) groups is 1. The lowest BCUT2D eigenvalue weighted by Crippen LogP contribution is -2.11. The van der Waals surface area contributed by atoms with Gasteiger partial charge >= 0.3 is 5.97 Å². The molecular formula is C10H9ClO4S2. The smallest absolute Gasteiger partial charge is 0.337 e. The molecule has 1 atom stereocenters. The van der Waals surface area contributed by atoms with Gasteiger partial charge in [-0.2, -0.15) is 0 Å². The van der Waals surface area contributed by atoms with Gasteiger partial charge in [0, 0.05) is 6.42 Å². The highest BCUT2D eigenvalue weighted by molar-refractivity contribution is 8.13. The fraction of sp³-hybridized carbons (Fsp3) is 0.300. The third kappa shape index (κ3) is 1.84. The maximum Gasteiger partial charge on any atom is 0.337 e. The van der Waals surface area contributed by atoms with Crippen molar-refractivity contribution in [3.63, 3.8) is 0 Å². The quantitative estimate of drug-likeness (QED) is 0.903. The molecule has 0 saturated heterocycles. The summed E-state index contributed by atoms with van der Waals surface area (Å²) >= 11 is 7.17. The van der Waals surface area contributed by atoms with E-state index in [4.69, 9.17) is 16.7 Å². The first-order valence-corrected chi connectivity index (χ1v) is 7.92. The summed E-state index contributed by atoms with van der Waals surface area (Å²) in [6.07, 6.45) is 1.97. The maximum atomic E-state index is 12.0. The molecular weight excluding hydrogens is 284 g/mol. The van der Waals surface area contributed by atoms with Gasteiger partial charge in [0.25, 0.3) is 0 Å². The van der Waals surface area contributed by atoms with Crippen molar-refractivity contribution in [2.45, 2.75) is 15.9 Å². The fourth-order valence-corrected chi connectivity index (χ4v) is 5.35. The number of rotatable bonds is 2. The average Bonchev–Trinajstić information content (AvgIpc) is 2.51. The minimum Gasteiger partial charge on any atom is -0.478 e. The molecule has 1 unspecified atom stereocenters. The molecule has 0 aliphatic carbocycles. The van der Waals surface area contributed by atoms with Crippen LogP contribution < -0.4 is 0 Å². The molecule has 0 fully saturated rings. The van der Waals surface area contributed by atoms with Crippen LogP contribution in [0.1, 0.15) is 15.9 Å². The van der Waals surface area contributed by atoms with Crippen LogP contribution in [0.4, 0.5) is 0 Å². The van der Waals surface area contributed by atoms with Crippen molar-refractivity contribution in [2.75, 3.05) is 6.26 Å². The molecule has 0 radical (unpaired) electrons. The van der Waals surface area contributed by atoms with Crippen LogP contribution in [0, 0.1) is 0 Å². The molecule has 1 N–H and O–H groups in total. The SMILES string of the molecule is CSC1Cc2c(ccc(C(=O)O)c2Cl)S1(=O)=O. The highest BCUT2D eigenvalue weighted by Crippen LogP contribution is 2.40. The second-order valence-corrected chi connectivity index (χ2v) is 7.44. The first-order valence-electron chi connectivity index (χ1n) is 4.71. The lowest BCUT2D eigenvalue weighted by Gasteiger charge is -2.04. The van der Waals surface area contributed by atoms with E-state index in [0.717, 1.165) is 0 Å². The first-order chi connectivity index (χ1) is 7.89. The fourth-order valence-electron chi connectivity index (χ4n) is 1.85. The number of aromatic carboxylic acids is 1. The topological polar surface area (TPSA) is 71.4 Å². The molecule has 1 aliphatic heterocycles. The number of halogens is 1. The van der Waals surface area contributed by atoms with Crippen LogP contribution in [0.25, 0.3) is 0 Å². The maximum absolute atomic E-state index is 12.0. The van der Waals surface area contributed by atoms with Crippen molar-refractivity contribution in [3.8, 4) is 0 Å². The Morgan fingerprint density at radius 1 is 1.53 bits per heavy atom. The summed E-state index contributed by atoms with van der Waals surface area (Å²) in [6.45, 7) is 0. The second-order valence-electron chi connectivity index (χ2n) is 3.62. The molecule has 1 aromatic rings. The van der Waals surface area contributed by atoms with Crippen LogP contribution in [-0.2, 0) is 16.3 Å². The Balaban J connectivity index is 2.67. The number of carbonyl (C=O) groups is 1. The molecule has 0 bridgehead atoms. The summed E-state index contributed by atoms with van der Waals surface area (Å²) < 4.78 is 23.5. The molecule has 1 heterocycles. The van der Waals surface area contributed by atoms with E-state index in [0.29, 0.717) is 5.56 Å². The van der Waals surface area contributed by atoms with E-state index in [9.17, 15) is 13.2 Å². The number of hydrogen-bond donors (Lipinski definition) is 1. The Morgan fingerprint density at radius 2 is 2.18 bits per heavy atom. The summed E-state index contributed by atoms with van der Waals surface area (Å²) in [5.74, 6) is -1.15. The highest BCUT2D eigenvalue weighted by atomic mass is 35.5. The van der Waals surface area contributed by atoms with Crippen molar-refractivity contribution in [1.82, 2.24) is 0 Å². The van der Waals surface area contributed by atoms with Crippen LogP contribution in [-0.4, -0.2) is 30.3 Å². The Hall–Kier alpha value is -0.720. The summed E-state index contributed by atoms with van der Waals surface area (Å²) in [5, 5.41) is 8.95. The summed E-state index contributed by atoms with van der Waals surface area (Å²) in [4.78, 5) is 11.1. The van der Waals surface area contributed by atoms with E-state index in [1.54, 1.807) is 6.26 Å². The summed E-state index contributed by atoms with van der Waals surface area (Å²) in [6, 6.07) is 2.57. The number of fused-ring (bicyclic) bond motifs is 1. The number of sulfone groups is 1. The van der Waals surface area contributed by atoms with Gasteiger partial charge in [-0.3, -0.25) is 0 Å². The van der Waals surface area contributed by atoms with Crippen LogP contribution >= 0.6 is 23.4 Å². The van der Waals surface area contributed by atoms with Gasteiger partial charge in [0.15, 0.2) is 9.84 Å². The largest absolute Gasteiger partial charge is 0.478 e. The molecule has 4 nitrogen and oxygen atoms in total. The molecule has 1 aromatic carbocycles. The molecule has 17 heavy (non-hydrogen) atoms. The summed E-state index contributed by atoms with van der Waals surface area (Å²) in [5.41, 5.74) is 0.369. The minimum absolute atomic E-state index is 0.0372. The first kappa shape index (κ1) is 12.7. The number of carboxylic acid groups (broad SMARTS) is 1. The molecule has 0 aromatic heterocycles. The molecule has 0 amide bonds. The van der Waals surface area contributed by atoms with Crippen LogP contribution in [0.2, 0.25) is 5.02 Å². The Bertz CT molecular complexity index is 595. The van der Waals surface area contributed by atoms with Crippen LogP contribution in [0.5, 0.6) is 0 Å². The molecule has 1 aliphatic rings. The normalized spacial score (nSPS) is 21.2. The highest BCUT2D eigenvalue weighted by Gasteiger charge is 2.38. The zero-order valence-electron chi connectivity index (χ0n) is 8.81. The standard InChI is InChI=1S/C10H9ClO4S2/c1-16-8-4-6-7(17(8,14)15)3-2-5(9(6)11)10(12)13/h2-3,8H,4H2,1H3,(H,12,13). The predicted octanol–water partition coefficient (Wildman–Crippen LogP) is 2.06. The van der Waals surface area contributed by atoms with Gasteiger partial charge < -0.3 is 5.11 Å². The van der Waals surface area contributed by atoms with Crippen LogP contribution in [0.3, 0.4) is 0 Å². The monoisotopic (exact) mass is 292 g/mol. The van der Waals surface area contributed by atoms with Crippen molar-refractivity contribution < 1.29 is 18.3 Å². The van der Waals surface area contributed by atoms with Gasteiger partial charge in [-0.15, -0.1) is 11.8 Å². The summed E-state index contributed by atoms with van der Waals surface area (Å²) in [7, 11) is -3.38. The second kappa shape index (κ2) is 4.19. The predicted molar refractivity (Wildman–Crippen MR) is 66.6 cm³/mol. The Labute approximate surface area is 108 Å². The molecule has 0 spiro atoms. The van der Waals surface area contributed by atoms with E-state index in [1.165, 1.54) is 23.9 Å². The van der Waals surface area contributed by atoms with Crippen molar-refractivity contribution >= 4 is 39.2 Å². The third-order valence-corrected chi connectivity index (χ3v) is 7.03. The van der Waals surface area contributed by atoms with Gasteiger partial charge in [-0.05, 0) is 24.0 Å². The lowest BCUT2D eigenvalue weighted by atomic mass is 10.1. The van der Waals surface area contributed by atoms with Gasteiger partial charge in [0.05, 0.1) is 15.5 Å². The third-order valence-electron chi connectivity index (χ3n) is 2.72. The average molecular weight is 293 g/mol. The molecule has 7 heteroatoms. The van der Waals surface area contributed by atoms with Crippen molar-refractivity contribution in [3.05, 3.63) is 28.3 Å². The van der Waals surface area contributed by atoms with Gasteiger partial charge in [0.1, 0.15) is 4.58 Å². The Morgan fingerprint density at radius 3 is 2.71 bits per heavy atom. The van der Waals surface area contributed by atoms with Crippen molar-refractivity contribution in [2.24, 2.45) is 0 Å². The van der Waals surface area contributed by atoms with Gasteiger partial charge in [-0.1, -0.05) is 11.6 Å². The molecule has 0 saturated carbocycles. The van der Waals surface area contributed by atoms with Crippen molar-refractivity contribution in [1.29, 1.82) is 0 Å². The van der Waals surface area contributed by atoms with E-state index in [1.807, 2.05) is 0 Å². The molecule has 92 valence electrons. The number of carboxylic acids is 1. The minimum atomic E-state index is -3.38. The number of benzene rings is 1. The van der Waals surface area contributed by atoms with E-state index in [2.05, 4.69) is 0 Å². The zero-order chi connectivity index (χ0) is 12.8. The Kier molecular flexibility index (Phi) is 3.14. The van der Waals surface area contributed by atoms with Gasteiger partial charge in [0.2, 0.25) is 0 Å². The van der Waals surface area contributed by atoms with Crippen LogP contribution in [0.15, 0.2) is 17.0 Å². The van der Waals surface area contributed by atoms with Gasteiger partial charge in [-0.25, -0.2) is 13.2 Å². The van der Waals surface area contributed by atoms with E-state index < -0.39 is 20.4 Å². The number of hydrogen-bond acceptors (Lipinski definition) is 4. The molecule has 2 rings (SSSR count). The van der Waals surface area contributed by atoms with E-state index >= 15 is 0 Å². The zero-order valence-corrected chi connectivity index (χ0v) is 11.2. The lowest BCUT2D eigenvalue weighted by molar-refractivity contribution is 0.0697. The van der Waals surface area contributed by atoms with E-state index in [-0.39, 0.29) is 21.9 Å².